The average Bonchev–Trinajstić information content (AvgIpc) is 3.14. The average molecular weight is 304 g/mol. The predicted octanol–water partition coefficient (Wildman–Crippen LogP) is 1.88. The summed E-state index contributed by atoms with van der Waals surface area (Å²) in [5.74, 6) is 1.15. The van der Waals surface area contributed by atoms with Crippen LogP contribution >= 0.6 is 11.3 Å². The zero-order valence-electron chi connectivity index (χ0n) is 12.2. The molecule has 0 radical (unpaired) electrons. The Kier molecular flexibility index (Phi) is 4.36. The van der Waals surface area contributed by atoms with E-state index in [1.54, 1.807) is 11.3 Å². The summed E-state index contributed by atoms with van der Waals surface area (Å²) in [4.78, 5) is 18.8. The van der Waals surface area contributed by atoms with E-state index in [0.29, 0.717) is 0 Å². The van der Waals surface area contributed by atoms with Crippen molar-refractivity contribution in [3.8, 4) is 0 Å². The highest BCUT2D eigenvalue weighted by atomic mass is 32.1. The minimum atomic E-state index is 0.0544. The van der Waals surface area contributed by atoms with Crippen LogP contribution in [0, 0.1) is 0 Å². The molecule has 1 fully saturated rings. The first kappa shape index (κ1) is 14.3. The number of nitrogens with zero attached hydrogens (tertiary/aromatic N) is 3. The molecule has 112 valence electrons. The fraction of sp³-hybridized carbons (Fsp3) is 0.467. The van der Waals surface area contributed by atoms with Gasteiger partial charge in [-0.1, -0.05) is 0 Å². The molecular weight excluding hydrogens is 284 g/mol. The number of nitrogens with one attached hydrogen (secondary N) is 1. The third-order valence-electron chi connectivity index (χ3n) is 3.99. The van der Waals surface area contributed by atoms with E-state index >= 15 is 0 Å². The lowest BCUT2D eigenvalue weighted by Crippen LogP contribution is -2.44. The van der Waals surface area contributed by atoms with E-state index in [1.807, 2.05) is 36.3 Å². The molecule has 1 aliphatic heterocycles. The van der Waals surface area contributed by atoms with Gasteiger partial charge in [0.1, 0.15) is 5.82 Å². The van der Waals surface area contributed by atoms with Crippen molar-refractivity contribution in [3.05, 3.63) is 40.6 Å². The zero-order valence-corrected chi connectivity index (χ0v) is 13.0. The van der Waals surface area contributed by atoms with Crippen molar-refractivity contribution in [1.29, 1.82) is 0 Å². The summed E-state index contributed by atoms with van der Waals surface area (Å²) in [5, 5.41) is 6.96. The molecule has 5 nitrogen and oxygen atoms in total. The third kappa shape index (κ3) is 3.51. The minimum absolute atomic E-state index is 0.0544. The number of aryl methyl sites for hydroxylation is 1. The fourth-order valence-electron chi connectivity index (χ4n) is 2.65. The van der Waals surface area contributed by atoms with E-state index < -0.39 is 0 Å². The van der Waals surface area contributed by atoms with Gasteiger partial charge in [-0.05, 0) is 24.3 Å². The number of rotatable bonds is 4. The van der Waals surface area contributed by atoms with Crippen LogP contribution in [0.3, 0.4) is 0 Å². The number of hydrogen-bond acceptors (Lipinski definition) is 4. The van der Waals surface area contributed by atoms with E-state index in [9.17, 15) is 4.79 Å². The molecule has 0 atom stereocenters. The van der Waals surface area contributed by atoms with Crippen LogP contribution in [-0.4, -0.2) is 39.5 Å². The van der Waals surface area contributed by atoms with Crippen LogP contribution in [0.15, 0.2) is 29.2 Å². The van der Waals surface area contributed by atoms with E-state index in [0.717, 1.165) is 43.9 Å². The predicted molar refractivity (Wildman–Crippen MR) is 83.3 cm³/mol. The monoisotopic (exact) mass is 304 g/mol. The normalized spacial score (nSPS) is 17.0. The maximum absolute atomic E-state index is 12.0. The molecule has 0 aromatic carbocycles. The molecule has 2 aromatic rings. The Labute approximate surface area is 128 Å². The second kappa shape index (κ2) is 6.41. The molecular formula is C15H20N4OS. The molecule has 0 unspecified atom stereocenters. The van der Waals surface area contributed by atoms with Gasteiger partial charge in [-0.2, -0.15) is 11.3 Å². The molecule has 1 amide bonds. The molecule has 21 heavy (non-hydrogen) atoms. The number of carbonyl (C=O) groups is 1. The van der Waals surface area contributed by atoms with Crippen molar-refractivity contribution in [3.63, 3.8) is 0 Å². The fourth-order valence-corrected chi connectivity index (χ4v) is 3.28. The Hall–Kier alpha value is -1.66. The lowest BCUT2D eigenvalue weighted by molar-refractivity contribution is 0.0908. The van der Waals surface area contributed by atoms with Crippen LogP contribution in [0.2, 0.25) is 0 Å². The van der Waals surface area contributed by atoms with Gasteiger partial charge in [0.15, 0.2) is 0 Å². The van der Waals surface area contributed by atoms with Crippen molar-refractivity contribution in [2.75, 3.05) is 13.1 Å². The summed E-state index contributed by atoms with van der Waals surface area (Å²) < 4.78 is 2.06. The number of carbonyl (C=O) groups excluding carboxylic acids is 1. The van der Waals surface area contributed by atoms with E-state index in [1.165, 1.54) is 0 Å². The van der Waals surface area contributed by atoms with Crippen molar-refractivity contribution in [1.82, 2.24) is 19.8 Å². The molecule has 1 N–H and O–H groups in total. The molecule has 3 rings (SSSR count). The van der Waals surface area contributed by atoms with Gasteiger partial charge in [0.05, 0.1) is 6.54 Å². The van der Waals surface area contributed by atoms with Crippen molar-refractivity contribution < 1.29 is 4.79 Å². The van der Waals surface area contributed by atoms with Gasteiger partial charge in [-0.25, -0.2) is 4.98 Å². The second-order valence-electron chi connectivity index (χ2n) is 5.49. The first-order chi connectivity index (χ1) is 10.2. The first-order valence-electron chi connectivity index (χ1n) is 7.24. The van der Waals surface area contributed by atoms with Crippen LogP contribution in [-0.2, 0) is 13.6 Å². The number of imidazole rings is 1. The second-order valence-corrected chi connectivity index (χ2v) is 6.27. The maximum Gasteiger partial charge on any atom is 0.252 e. The highest BCUT2D eigenvalue weighted by Gasteiger charge is 2.22. The van der Waals surface area contributed by atoms with Gasteiger partial charge < -0.3 is 9.88 Å². The molecule has 3 heterocycles. The van der Waals surface area contributed by atoms with Gasteiger partial charge in [0.25, 0.3) is 5.91 Å². The zero-order chi connectivity index (χ0) is 14.7. The first-order valence-corrected chi connectivity index (χ1v) is 8.18. The van der Waals surface area contributed by atoms with E-state index in [4.69, 9.17) is 0 Å². The molecule has 0 bridgehead atoms. The largest absolute Gasteiger partial charge is 0.349 e. The topological polar surface area (TPSA) is 50.2 Å². The van der Waals surface area contributed by atoms with Crippen molar-refractivity contribution in [2.24, 2.45) is 7.05 Å². The number of hydrogen-bond donors (Lipinski definition) is 1. The third-order valence-corrected chi connectivity index (χ3v) is 4.68. The quantitative estimate of drug-likeness (QED) is 0.938. The number of aromatic nitrogens is 2. The lowest BCUT2D eigenvalue weighted by atomic mass is 10.0. The summed E-state index contributed by atoms with van der Waals surface area (Å²) in [5.41, 5.74) is 0.774. The maximum atomic E-state index is 12.0. The highest BCUT2D eigenvalue weighted by Crippen LogP contribution is 2.14. The minimum Gasteiger partial charge on any atom is -0.349 e. The summed E-state index contributed by atoms with van der Waals surface area (Å²) in [6, 6.07) is 2.16. The number of amides is 1. The summed E-state index contributed by atoms with van der Waals surface area (Å²) in [6.45, 7) is 2.89. The van der Waals surface area contributed by atoms with Gasteiger partial charge in [-0.15, -0.1) is 0 Å². The summed E-state index contributed by atoms with van der Waals surface area (Å²) in [7, 11) is 2.02. The number of thiophene rings is 1. The molecule has 0 aliphatic carbocycles. The van der Waals surface area contributed by atoms with Gasteiger partial charge in [0, 0.05) is 49.5 Å². The van der Waals surface area contributed by atoms with Crippen LogP contribution in [0.25, 0.3) is 0 Å². The molecule has 2 aromatic heterocycles. The Morgan fingerprint density at radius 1 is 1.48 bits per heavy atom. The Morgan fingerprint density at radius 2 is 2.29 bits per heavy atom. The smallest absolute Gasteiger partial charge is 0.252 e. The SMILES string of the molecule is Cn1ccnc1CN1CCC(NC(=O)c2ccsc2)CC1. The molecule has 6 heteroatoms. The van der Waals surface area contributed by atoms with Crippen molar-refractivity contribution in [2.45, 2.75) is 25.4 Å². The molecule has 1 saturated heterocycles. The lowest BCUT2D eigenvalue weighted by Gasteiger charge is -2.32. The van der Waals surface area contributed by atoms with Crippen molar-refractivity contribution >= 4 is 17.2 Å². The Morgan fingerprint density at radius 3 is 2.90 bits per heavy atom. The van der Waals surface area contributed by atoms with Gasteiger partial charge in [-0.3, -0.25) is 9.69 Å². The van der Waals surface area contributed by atoms with Crippen LogP contribution in [0.5, 0.6) is 0 Å². The number of likely N-dealkylation sites (tertiary alicyclic amines) is 1. The summed E-state index contributed by atoms with van der Waals surface area (Å²) >= 11 is 1.56. The van der Waals surface area contributed by atoms with Gasteiger partial charge in [0.2, 0.25) is 0 Å². The number of piperidine rings is 1. The van der Waals surface area contributed by atoms with Gasteiger partial charge >= 0.3 is 0 Å². The Bertz CT molecular complexity index is 585. The van der Waals surface area contributed by atoms with E-state index in [2.05, 4.69) is 19.8 Å². The van der Waals surface area contributed by atoms with Crippen LogP contribution in [0.1, 0.15) is 29.0 Å². The molecule has 0 saturated carbocycles. The Balaban J connectivity index is 1.47. The molecule has 0 spiro atoms. The van der Waals surface area contributed by atoms with E-state index in [-0.39, 0.29) is 11.9 Å². The molecule has 1 aliphatic rings. The summed E-state index contributed by atoms with van der Waals surface area (Å²) in [6.07, 6.45) is 5.81. The van der Waals surface area contributed by atoms with Crippen LogP contribution in [0.4, 0.5) is 0 Å². The highest BCUT2D eigenvalue weighted by molar-refractivity contribution is 7.08. The van der Waals surface area contributed by atoms with Crippen LogP contribution < -0.4 is 5.32 Å². The standard InChI is InChI=1S/C15H20N4OS/c1-18-8-5-16-14(18)10-19-6-2-13(3-7-19)17-15(20)12-4-9-21-11-12/h4-5,8-9,11,13H,2-3,6-7,10H2,1H3,(H,17,20).